The van der Waals surface area contributed by atoms with Crippen molar-refractivity contribution in [2.75, 3.05) is 40.6 Å². The van der Waals surface area contributed by atoms with Crippen molar-refractivity contribution in [3.05, 3.63) is 110 Å². The monoisotopic (exact) mass is 1060 g/mol. The lowest BCUT2D eigenvalue weighted by atomic mass is 9.69. The minimum absolute atomic E-state index is 0.0214. The van der Waals surface area contributed by atoms with E-state index in [9.17, 15) is 25.2 Å². The van der Waals surface area contributed by atoms with E-state index in [2.05, 4.69) is 46.6 Å². The highest BCUT2D eigenvalue weighted by atomic mass is 16.7. The molecule has 4 aliphatic carbocycles. The zero-order valence-corrected chi connectivity index (χ0v) is 44.2. The summed E-state index contributed by atoms with van der Waals surface area (Å²) >= 11 is 0. The average Bonchev–Trinajstić information content (AvgIpc) is 3.75. The van der Waals surface area contributed by atoms with Crippen LogP contribution >= 0.6 is 0 Å². The van der Waals surface area contributed by atoms with Crippen molar-refractivity contribution in [3.63, 3.8) is 0 Å². The number of ketones is 1. The number of Topliss-reactive ketones (excluding diaryl/α,β-unsaturated/α-hetero) is 1. The number of amides is 1. The molecule has 2 saturated heterocycles. The number of hydrogen-bond donors (Lipinski definition) is 6. The summed E-state index contributed by atoms with van der Waals surface area (Å²) in [5, 5.41) is 55.9. The van der Waals surface area contributed by atoms with Crippen LogP contribution in [0.3, 0.4) is 0 Å². The maximum Gasteiger partial charge on any atom is 0.254 e. The highest BCUT2D eigenvalue weighted by molar-refractivity contribution is 6.17. The third kappa shape index (κ3) is 7.65. The molecule has 4 aromatic carbocycles. The molecule has 15 heteroatoms. The van der Waals surface area contributed by atoms with E-state index < -0.39 is 48.7 Å². The van der Waals surface area contributed by atoms with Crippen LogP contribution in [0.4, 0.5) is 0 Å². The number of phenolic OH excluding ortho intramolecular Hbond substituents is 1. The van der Waals surface area contributed by atoms with Gasteiger partial charge in [0.15, 0.2) is 17.5 Å². The number of aromatic hydroxyl groups is 1. The summed E-state index contributed by atoms with van der Waals surface area (Å²) in [7, 11) is 3.37. The van der Waals surface area contributed by atoms with Crippen LogP contribution in [-0.4, -0.2) is 118 Å². The average molecular weight is 1060 g/mol. The predicted molar refractivity (Wildman–Crippen MR) is 290 cm³/mol. The molecule has 5 aromatic rings. The molecule has 11 atom stereocenters. The molecule has 9 aliphatic rings. The van der Waals surface area contributed by atoms with E-state index in [-0.39, 0.29) is 77.9 Å². The zero-order valence-electron chi connectivity index (χ0n) is 44.2. The maximum atomic E-state index is 15.5. The van der Waals surface area contributed by atoms with Crippen LogP contribution in [0.1, 0.15) is 154 Å². The number of nitrogens with zero attached hydrogens (tertiary/aromatic N) is 1. The molecule has 0 spiro atoms. The highest BCUT2D eigenvalue weighted by Crippen LogP contribution is 2.60. The molecule has 0 unspecified atom stereocenters. The Kier molecular flexibility index (Phi) is 12.4. The summed E-state index contributed by atoms with van der Waals surface area (Å²) in [4.78, 5) is 34.8. The molecule has 15 nitrogen and oxygen atoms in total. The minimum atomic E-state index is -2.47. The van der Waals surface area contributed by atoms with Gasteiger partial charge >= 0.3 is 0 Å². The number of benzene rings is 4. The molecule has 1 aromatic heterocycles. The normalized spacial score (nSPS) is 32.0. The topological polar surface area (TPSA) is 202 Å². The van der Waals surface area contributed by atoms with Crippen LogP contribution in [0.25, 0.3) is 33.3 Å². The van der Waals surface area contributed by atoms with Crippen LogP contribution in [-0.2, 0) is 38.3 Å². The number of rotatable bonds is 8. The number of allylic oxidation sites excluding steroid dienone is 2. The third-order valence-corrected chi connectivity index (χ3v) is 19.5. The number of phenols is 1. The lowest BCUT2D eigenvalue weighted by Crippen LogP contribution is -2.70. The summed E-state index contributed by atoms with van der Waals surface area (Å²) in [6.45, 7) is -0.603. The molecule has 2 saturated carbocycles. The molecule has 1 amide bonds. The SMILES string of the molecule is COCCC[C@]12CCC[C@H]1CC[C@@H](c1ccc3[nH]cc([C@H]4/C=C/c5c(OC)c6c7c8c(c9c(O)c7c5O[C@H]5O[C@H](CO4)[C@@H](O)[C@H](OC#CCc4cccc7c4CN(CC9=O)C7=O)[C@]5(O)CO)[C@H]4CCC[C@H]4C=C8CC6)c3c1)N2. The molecule has 6 N–H and O–H groups in total. The van der Waals surface area contributed by atoms with Gasteiger partial charge in [0.1, 0.15) is 41.7 Å². The van der Waals surface area contributed by atoms with Gasteiger partial charge in [-0.2, -0.15) is 0 Å². The van der Waals surface area contributed by atoms with Gasteiger partial charge in [-0.25, -0.2) is 0 Å². The van der Waals surface area contributed by atoms with Crippen molar-refractivity contribution in [2.24, 2.45) is 11.8 Å². The summed E-state index contributed by atoms with van der Waals surface area (Å²) in [6, 6.07) is 12.1. The molecular formula is C63H67N3O12. The molecule has 0 radical (unpaired) electrons. The summed E-state index contributed by atoms with van der Waals surface area (Å²) in [6.07, 6.45) is 15.7. The smallest absolute Gasteiger partial charge is 0.254 e. The first-order valence-corrected chi connectivity index (χ1v) is 28.3. The number of methoxy groups -OCH3 is 2. The number of hydrogen-bond acceptors (Lipinski definition) is 13. The molecule has 406 valence electrons. The van der Waals surface area contributed by atoms with E-state index in [1.165, 1.54) is 18.4 Å². The fraction of sp³-hybridized carbons (Fsp3) is 0.492. The maximum absolute atomic E-state index is 15.5. The van der Waals surface area contributed by atoms with Gasteiger partial charge in [-0.1, -0.05) is 49.1 Å². The summed E-state index contributed by atoms with van der Waals surface area (Å²) in [5.74, 6) is 3.25. The zero-order chi connectivity index (χ0) is 53.2. The molecule has 5 aliphatic heterocycles. The number of aromatic nitrogens is 1. The van der Waals surface area contributed by atoms with Crippen LogP contribution < -0.4 is 14.8 Å². The number of carbonyl (C=O) groups excluding carboxylic acids is 2. The predicted octanol–water partition coefficient (Wildman–Crippen LogP) is 8.37. The number of carbonyl (C=O) groups is 2. The van der Waals surface area contributed by atoms with E-state index in [0.29, 0.717) is 41.0 Å². The van der Waals surface area contributed by atoms with Gasteiger partial charge in [0.25, 0.3) is 5.91 Å². The van der Waals surface area contributed by atoms with E-state index in [0.717, 1.165) is 108 Å². The number of piperidine rings is 1. The molecule has 78 heavy (non-hydrogen) atoms. The van der Waals surface area contributed by atoms with Gasteiger partial charge in [0.2, 0.25) is 6.29 Å². The lowest BCUT2D eigenvalue weighted by Gasteiger charge is -2.47. The third-order valence-electron chi connectivity index (χ3n) is 19.5. The molecular weight excluding hydrogens is 991 g/mol. The van der Waals surface area contributed by atoms with Crippen molar-refractivity contribution >= 4 is 45.0 Å². The van der Waals surface area contributed by atoms with Crippen LogP contribution in [0.5, 0.6) is 17.2 Å². The van der Waals surface area contributed by atoms with E-state index in [1.807, 2.05) is 24.4 Å². The van der Waals surface area contributed by atoms with Gasteiger partial charge in [-0.15, -0.1) is 0 Å². The number of ether oxygens (including phenoxy) is 6. The first-order valence-electron chi connectivity index (χ1n) is 28.3. The summed E-state index contributed by atoms with van der Waals surface area (Å²) < 4.78 is 38.8. The van der Waals surface area contributed by atoms with Crippen molar-refractivity contribution in [3.8, 4) is 29.3 Å². The first kappa shape index (κ1) is 50.0. The van der Waals surface area contributed by atoms with E-state index >= 15 is 4.79 Å². The van der Waals surface area contributed by atoms with Crippen LogP contribution in [0, 0.1) is 23.9 Å². The Hall–Kier alpha value is -6.22. The van der Waals surface area contributed by atoms with Gasteiger partial charge in [0.05, 0.1) is 43.4 Å². The van der Waals surface area contributed by atoms with Crippen LogP contribution in [0.15, 0.2) is 54.7 Å². The van der Waals surface area contributed by atoms with Crippen LogP contribution in [0.2, 0.25) is 0 Å². The van der Waals surface area contributed by atoms with Gasteiger partial charge in [-0.3, -0.25) is 9.59 Å². The molecule has 4 fully saturated rings. The number of nitrogens with one attached hydrogen (secondary N) is 2. The Balaban J connectivity index is 0.970. The number of fused-ring (bicyclic) bond motifs is 9. The molecule has 14 rings (SSSR count). The number of aliphatic hydroxyl groups excluding tert-OH is 2. The second-order valence-corrected chi connectivity index (χ2v) is 23.5. The molecule has 6 heterocycles. The number of aliphatic hydroxyl groups is 3. The highest BCUT2D eigenvalue weighted by Gasteiger charge is 2.59. The van der Waals surface area contributed by atoms with Crippen molar-refractivity contribution in [2.45, 2.75) is 144 Å². The van der Waals surface area contributed by atoms with Gasteiger partial charge in [0, 0.05) is 77.4 Å². The fourth-order valence-electron chi connectivity index (χ4n) is 15.8. The van der Waals surface area contributed by atoms with E-state index in [4.69, 9.17) is 28.4 Å². The van der Waals surface area contributed by atoms with Crippen molar-refractivity contribution < 1.29 is 58.4 Å². The van der Waals surface area contributed by atoms with Crippen molar-refractivity contribution in [1.29, 1.82) is 0 Å². The second kappa shape index (κ2) is 19.3. The van der Waals surface area contributed by atoms with Crippen molar-refractivity contribution in [1.82, 2.24) is 15.2 Å². The number of aryl methyl sites for hydroxylation is 1. The standard InChI is InChI=1S/C63H67N3O12/c1-73-24-7-23-62-22-5-11-37(62)16-20-45(65-62)35-15-19-46-42(27-35)43(28-64-46)48-21-18-41-57(74-2)40-17-14-36-26-34-9-4-12-38(34)51-50(36)52(40)54-56(70)53(51)47(68)30-66-29-44-33(8-3-13-39(44)60(66)71)10-6-25-75-59-55(69)49(31-76-48)77-61(78-58(41)54)63(59,72)32-67/h3,8,13,15,18-19,21,26-28,34,37-38,45,48-49,55,59,61,64-65,67,69-70,72H,4-5,7,9-12,14,16-17,20,22-24,29-32H2,1-2H3/b21-18+/t34-,37-,38-,45-,48+,49+,55+,59-,61+,62+,63+/m0/s1. The number of aromatic amines is 1. The first-order chi connectivity index (χ1) is 38.0. The Morgan fingerprint density at radius 2 is 1.88 bits per heavy atom. The Morgan fingerprint density at radius 3 is 2.74 bits per heavy atom. The minimum Gasteiger partial charge on any atom is -0.506 e. The quantitative estimate of drug-likeness (QED) is 0.0640. The van der Waals surface area contributed by atoms with Gasteiger partial charge < -0.3 is 64.0 Å². The largest absolute Gasteiger partial charge is 0.506 e. The fourth-order valence-corrected chi connectivity index (χ4v) is 15.8. The van der Waals surface area contributed by atoms with E-state index in [1.54, 1.807) is 31.3 Å². The van der Waals surface area contributed by atoms with Gasteiger partial charge in [-0.05, 0) is 140 Å². The Labute approximate surface area is 452 Å². The Bertz CT molecular complexity index is 3440. The Morgan fingerprint density at radius 1 is 0.987 bits per heavy atom. The second-order valence-electron chi connectivity index (χ2n) is 23.5. The summed E-state index contributed by atoms with van der Waals surface area (Å²) in [5.41, 5.74) is 6.52. The molecule has 8 bridgehead atoms. The number of H-pyrrole nitrogens is 1. The lowest BCUT2D eigenvalue weighted by molar-refractivity contribution is -0.328.